The molecule has 0 aromatic heterocycles. The average molecular weight is 401 g/mol. The Bertz CT molecular complexity index is 623. The second kappa shape index (κ2) is 8.73. The van der Waals surface area contributed by atoms with E-state index in [2.05, 4.69) is 54.6 Å². The van der Waals surface area contributed by atoms with Crippen LogP contribution < -0.4 is 0 Å². The van der Waals surface area contributed by atoms with Crippen molar-refractivity contribution in [3.8, 4) is 0 Å². The van der Waals surface area contributed by atoms with Crippen molar-refractivity contribution in [1.82, 2.24) is 0 Å². The second-order valence-corrected chi connectivity index (χ2v) is 16.0. The van der Waals surface area contributed by atoms with E-state index in [1.807, 2.05) is 6.07 Å². The molecule has 0 heterocycles. The fourth-order valence-electron chi connectivity index (χ4n) is 1.67. The van der Waals surface area contributed by atoms with E-state index < -0.39 is 17.0 Å². The summed E-state index contributed by atoms with van der Waals surface area (Å²) in [6, 6.07) is 5.38. The molecule has 0 fully saturated rings. The van der Waals surface area contributed by atoms with Crippen LogP contribution in [0.2, 0.25) is 36.2 Å². The highest BCUT2D eigenvalue weighted by Gasteiger charge is 2.40. The predicted octanol–water partition coefficient (Wildman–Crippen LogP) is 6.47. The first-order valence-electron chi connectivity index (χ1n) is 8.49. The van der Waals surface area contributed by atoms with Gasteiger partial charge in [-0.2, -0.15) is 0 Å². The molecule has 142 valence electrons. The lowest BCUT2D eigenvalue weighted by molar-refractivity contribution is 0.0712. The van der Waals surface area contributed by atoms with E-state index in [1.54, 1.807) is 25.2 Å². The summed E-state index contributed by atoms with van der Waals surface area (Å²) < 4.78 is 15.5. The highest BCUT2D eigenvalue weighted by atomic mass is 35.5. The van der Waals surface area contributed by atoms with Gasteiger partial charge in [0.05, 0.1) is 5.56 Å². The molecule has 0 atom stereocenters. The third-order valence-electron chi connectivity index (χ3n) is 4.16. The normalized spacial score (nSPS) is 12.1. The van der Waals surface area contributed by atoms with E-state index in [0.717, 1.165) is 5.56 Å². The minimum absolute atomic E-state index is 0.00193. The third kappa shape index (κ3) is 7.97. The third-order valence-corrected chi connectivity index (χ3v) is 8.80. The van der Waals surface area contributed by atoms with E-state index in [1.165, 1.54) is 0 Å². The summed E-state index contributed by atoms with van der Waals surface area (Å²) in [6.45, 7) is 20.2. The van der Waals surface area contributed by atoms with Gasteiger partial charge in [0, 0.05) is 5.02 Å². The summed E-state index contributed by atoms with van der Waals surface area (Å²) in [6.07, 6.45) is 0. The fraction of sp³-hybridized carbons (Fsp3) is 0.632. The maximum absolute atomic E-state index is 12.5. The maximum Gasteiger partial charge on any atom is 0.324 e. The predicted molar refractivity (Wildman–Crippen MR) is 111 cm³/mol. The van der Waals surface area contributed by atoms with E-state index in [0.29, 0.717) is 10.6 Å². The van der Waals surface area contributed by atoms with Crippen molar-refractivity contribution in [2.45, 2.75) is 78.2 Å². The molecule has 0 bridgehead atoms. The molecule has 3 nitrogen and oxygen atoms in total. The first kappa shape index (κ1) is 24.2. The van der Waals surface area contributed by atoms with E-state index in [-0.39, 0.29) is 16.4 Å². The molecule has 0 aliphatic rings. The lowest BCUT2D eigenvalue weighted by atomic mass is 9.86. The monoisotopic (exact) mass is 400 g/mol. The van der Waals surface area contributed by atoms with Gasteiger partial charge < -0.3 is 8.89 Å². The average Bonchev–Trinajstić information content (AvgIpc) is 2.34. The summed E-state index contributed by atoms with van der Waals surface area (Å²) in [5.74, 6) is -0.247. The minimum atomic E-state index is -2.11. The number of carbonyl (C=O) groups is 1. The molecule has 0 radical (unpaired) electrons. The molecule has 0 saturated carbocycles. The number of carbonyl (C=O) groups excluding carboxylic acids is 1. The molecule has 1 rings (SSSR count). The Morgan fingerprint density at radius 2 is 1.52 bits per heavy atom. The summed E-state index contributed by atoms with van der Waals surface area (Å²) in [4.78, 5) is 12.5. The van der Waals surface area contributed by atoms with Gasteiger partial charge in [-0.25, -0.2) is 4.79 Å². The van der Waals surface area contributed by atoms with Crippen LogP contribution in [0.15, 0.2) is 18.2 Å². The van der Waals surface area contributed by atoms with Crippen LogP contribution in [0.5, 0.6) is 0 Å². The molecule has 0 saturated heterocycles. The molecule has 0 spiro atoms. The van der Waals surface area contributed by atoms with Crippen LogP contribution in [0.4, 0.5) is 0 Å². The first-order chi connectivity index (χ1) is 11.0. The maximum atomic E-state index is 12.5. The van der Waals surface area contributed by atoms with Crippen molar-refractivity contribution in [2.75, 3.05) is 0 Å². The van der Waals surface area contributed by atoms with Gasteiger partial charge in [0.2, 0.25) is 0 Å². The molecule has 0 N–H and O–H groups in total. The minimum Gasteiger partial charge on any atom is -0.516 e. The van der Waals surface area contributed by atoms with E-state index in [9.17, 15) is 9.26 Å². The summed E-state index contributed by atoms with van der Waals surface area (Å²) in [5.41, 5.74) is 1.44. The van der Waals surface area contributed by atoms with Gasteiger partial charge in [-0.3, -0.25) is 0 Å². The van der Waals surface area contributed by atoms with Crippen LogP contribution >= 0.6 is 11.6 Å². The lowest BCUT2D eigenvalue weighted by Gasteiger charge is -2.35. The molecular weight excluding hydrogens is 368 g/mol. The first-order valence-corrected chi connectivity index (χ1v) is 14.2. The number of hydrogen-bond acceptors (Lipinski definition) is 3. The van der Waals surface area contributed by atoms with Crippen molar-refractivity contribution in [3.05, 3.63) is 34.3 Å². The fourth-order valence-corrected chi connectivity index (χ4v) is 2.96. The van der Waals surface area contributed by atoms with Crippen molar-refractivity contribution < 1.29 is 13.7 Å². The smallest absolute Gasteiger partial charge is 0.324 e. The molecule has 0 aliphatic heterocycles. The largest absolute Gasteiger partial charge is 0.516 e. The standard InChI is InChI=1S/C17H27ClO2Si.C2H6OSi/c1-16(2,3)13-11-12(9-10-14(13)18)15(19)20-21(7,8)17(4,5)6;1-4(2)3/h9-11H,1-8H3;1-2H3. The van der Waals surface area contributed by atoms with Crippen molar-refractivity contribution >= 4 is 34.6 Å². The van der Waals surface area contributed by atoms with Crippen LogP contribution in [0.3, 0.4) is 0 Å². The molecule has 25 heavy (non-hydrogen) atoms. The zero-order valence-corrected chi connectivity index (χ0v) is 20.1. The number of hydrogen-bond donors (Lipinski definition) is 0. The highest BCUT2D eigenvalue weighted by Crippen LogP contribution is 2.37. The van der Waals surface area contributed by atoms with Gasteiger partial charge in [0.25, 0.3) is 17.0 Å². The van der Waals surface area contributed by atoms with E-state index >= 15 is 0 Å². The molecule has 1 aromatic carbocycles. The number of benzene rings is 1. The van der Waals surface area contributed by atoms with Crippen LogP contribution in [0, 0.1) is 0 Å². The highest BCUT2D eigenvalue weighted by molar-refractivity contribution is 6.75. The number of rotatable bonds is 2. The summed E-state index contributed by atoms with van der Waals surface area (Å²) in [7, 11) is -3.24. The Hall–Kier alpha value is -0.786. The quantitative estimate of drug-likeness (QED) is 0.534. The van der Waals surface area contributed by atoms with Gasteiger partial charge in [0.1, 0.15) is 0 Å². The molecule has 0 aliphatic carbocycles. The molecule has 0 amide bonds. The van der Waals surface area contributed by atoms with E-state index in [4.69, 9.17) is 16.0 Å². The molecule has 1 aromatic rings. The zero-order valence-electron chi connectivity index (χ0n) is 17.3. The summed E-state index contributed by atoms with van der Waals surface area (Å²) in [5, 5.41) is 0.688. The lowest BCUT2D eigenvalue weighted by Crippen LogP contribution is -2.42. The SMILES string of the molecule is CC(C)(C)c1cc(C(=O)O[Si](C)(C)C(C)(C)C)ccc1Cl.C[Si](C)=O. The molecule has 6 heteroatoms. The van der Waals surface area contributed by atoms with Gasteiger partial charge in [-0.05, 0) is 60.4 Å². The Morgan fingerprint density at radius 3 is 1.88 bits per heavy atom. The van der Waals surface area contributed by atoms with Gasteiger partial charge >= 0.3 is 5.97 Å². The van der Waals surface area contributed by atoms with Crippen molar-refractivity contribution in [1.29, 1.82) is 0 Å². The Balaban J connectivity index is 0.00000129. The Labute approximate surface area is 160 Å². The topological polar surface area (TPSA) is 43.4 Å². The number of halogens is 1. The van der Waals surface area contributed by atoms with Crippen LogP contribution in [0.1, 0.15) is 57.5 Å². The van der Waals surface area contributed by atoms with Crippen molar-refractivity contribution in [3.63, 3.8) is 0 Å². The molecule has 0 unspecified atom stereocenters. The second-order valence-electron chi connectivity index (χ2n) is 9.00. The Morgan fingerprint density at radius 1 is 1.08 bits per heavy atom. The van der Waals surface area contributed by atoms with Crippen LogP contribution in [-0.4, -0.2) is 23.0 Å². The molecular formula is C19H33ClO3Si2. The summed E-state index contributed by atoms with van der Waals surface area (Å²) >= 11 is 6.25. The Kier molecular flexibility index (Phi) is 8.46. The zero-order chi connectivity index (χ0) is 20.2. The van der Waals surface area contributed by atoms with Gasteiger partial charge in [-0.1, -0.05) is 53.1 Å². The van der Waals surface area contributed by atoms with Crippen LogP contribution in [0.25, 0.3) is 0 Å². The van der Waals surface area contributed by atoms with Crippen molar-refractivity contribution in [2.24, 2.45) is 0 Å². The van der Waals surface area contributed by atoms with Crippen LogP contribution in [-0.2, 0) is 14.3 Å². The van der Waals surface area contributed by atoms with Gasteiger partial charge in [-0.15, -0.1) is 0 Å². The van der Waals surface area contributed by atoms with Gasteiger partial charge in [0.15, 0.2) is 0 Å².